The third kappa shape index (κ3) is 9.19. The highest BCUT2D eigenvalue weighted by molar-refractivity contribution is 7.99. The van der Waals surface area contributed by atoms with E-state index in [0.717, 1.165) is 23.1 Å². The summed E-state index contributed by atoms with van der Waals surface area (Å²) in [5.41, 5.74) is 8.91. The summed E-state index contributed by atoms with van der Waals surface area (Å²) in [6.07, 6.45) is 2.16. The second-order valence-electron chi connectivity index (χ2n) is 13.8. The molecular weight excluding hydrogens is 826 g/mol. The van der Waals surface area contributed by atoms with Crippen LogP contribution in [0.1, 0.15) is 68.0 Å². The Morgan fingerprint density at radius 3 is 1.76 bits per heavy atom. The minimum Gasteiger partial charge on any atom is -0.444 e. The van der Waals surface area contributed by atoms with Crippen LogP contribution in [0.15, 0.2) is 74.3 Å². The number of hydrogen-bond donors (Lipinski definition) is 2. The van der Waals surface area contributed by atoms with Crippen molar-refractivity contribution in [2.24, 2.45) is 5.73 Å². The number of benzene rings is 2. The molecule has 308 valence electrons. The maximum absolute atomic E-state index is 13.8. The number of nitrogens with one attached hydrogen (secondary N) is 1. The van der Waals surface area contributed by atoms with Gasteiger partial charge in [-0.25, -0.2) is 41.6 Å². The molecule has 2 aliphatic rings. The average Bonchev–Trinajstić information content (AvgIpc) is 4.02. The monoisotopic (exact) mass is 862 g/mol. The summed E-state index contributed by atoms with van der Waals surface area (Å²) in [6.45, 7) is 6.11. The molecule has 0 spiro atoms. The SMILES string of the molecule is CC(C)(C)OC(=O)NCCSc1nonc1-c1noc(=O)n1[C@H]1CCc2ccc(F)cc21.Cl.NCCSc1nonc1-c1noc(=O)n1[C@H]1CCc2ccc(F)cc21. The zero-order valence-corrected chi connectivity index (χ0v) is 33.6. The molecule has 4 aromatic heterocycles. The fraction of sp³-hybridized carbons (Fsp3) is 0.400. The van der Waals surface area contributed by atoms with Crippen LogP contribution in [0.3, 0.4) is 0 Å². The summed E-state index contributed by atoms with van der Waals surface area (Å²) >= 11 is 2.61. The van der Waals surface area contributed by atoms with Gasteiger partial charge in [0.2, 0.25) is 11.6 Å². The molecule has 0 unspecified atom stereocenters. The van der Waals surface area contributed by atoms with Crippen molar-refractivity contribution in [3.63, 3.8) is 0 Å². The summed E-state index contributed by atoms with van der Waals surface area (Å²) in [4.78, 5) is 36.5. The number of aryl methyl sites for hydroxylation is 2. The first-order valence-electron chi connectivity index (χ1n) is 17.7. The molecule has 0 fully saturated rings. The number of ether oxygens (including phenoxy) is 1. The molecule has 23 heteroatoms. The van der Waals surface area contributed by atoms with Crippen LogP contribution in [-0.4, -0.2) is 76.4 Å². The molecule has 2 aromatic carbocycles. The number of amides is 1. The molecule has 0 radical (unpaired) electrons. The molecule has 0 aliphatic heterocycles. The smallest absolute Gasteiger partial charge is 0.442 e. The van der Waals surface area contributed by atoms with Crippen molar-refractivity contribution in [1.82, 2.24) is 45.4 Å². The lowest BCUT2D eigenvalue weighted by Gasteiger charge is -2.19. The minimum absolute atomic E-state index is 0. The molecule has 8 rings (SSSR count). The first-order valence-corrected chi connectivity index (χ1v) is 19.7. The first kappa shape index (κ1) is 42.3. The summed E-state index contributed by atoms with van der Waals surface area (Å²) < 4.78 is 54.9. The number of halogens is 3. The summed E-state index contributed by atoms with van der Waals surface area (Å²) in [7, 11) is 0. The van der Waals surface area contributed by atoms with Crippen molar-refractivity contribution < 1.29 is 36.6 Å². The van der Waals surface area contributed by atoms with Gasteiger partial charge in [-0.3, -0.25) is 9.05 Å². The Balaban J connectivity index is 0.000000198. The number of carbonyl (C=O) groups excluding carboxylic acids is 1. The molecule has 1 amide bonds. The van der Waals surface area contributed by atoms with Crippen LogP contribution < -0.4 is 22.6 Å². The summed E-state index contributed by atoms with van der Waals surface area (Å²) in [5, 5.41) is 26.7. The Morgan fingerprint density at radius 2 is 1.29 bits per heavy atom. The van der Waals surface area contributed by atoms with Crippen LogP contribution in [0.4, 0.5) is 13.6 Å². The van der Waals surface area contributed by atoms with Gasteiger partial charge in [0.05, 0.1) is 12.1 Å². The van der Waals surface area contributed by atoms with Gasteiger partial charge < -0.3 is 15.8 Å². The van der Waals surface area contributed by atoms with Gasteiger partial charge in [-0.15, -0.1) is 12.4 Å². The number of fused-ring (bicyclic) bond motifs is 2. The number of thioether (sulfide) groups is 2. The second kappa shape index (κ2) is 18.1. The van der Waals surface area contributed by atoms with Crippen LogP contribution >= 0.6 is 35.9 Å². The number of hydrogen-bond acceptors (Lipinski definition) is 17. The van der Waals surface area contributed by atoms with Gasteiger partial charge >= 0.3 is 17.6 Å². The molecular formula is C35H37ClF2N10O8S2. The second-order valence-corrected chi connectivity index (χ2v) is 16.0. The zero-order valence-electron chi connectivity index (χ0n) is 31.2. The Hall–Kier alpha value is -5.32. The van der Waals surface area contributed by atoms with Crippen molar-refractivity contribution in [3.05, 3.63) is 91.4 Å². The molecule has 6 aromatic rings. The van der Waals surface area contributed by atoms with E-state index in [9.17, 15) is 23.2 Å². The first-order chi connectivity index (χ1) is 27.4. The molecule has 18 nitrogen and oxygen atoms in total. The van der Waals surface area contributed by atoms with E-state index in [2.05, 4.69) is 36.3 Å². The molecule has 0 bridgehead atoms. The lowest BCUT2D eigenvalue weighted by Crippen LogP contribution is -2.33. The minimum atomic E-state index is -0.673. The molecule has 4 heterocycles. The van der Waals surface area contributed by atoms with Gasteiger partial charge in [0.1, 0.15) is 17.2 Å². The van der Waals surface area contributed by atoms with Gasteiger partial charge in [0, 0.05) is 24.6 Å². The van der Waals surface area contributed by atoms with E-state index < -0.39 is 29.2 Å². The van der Waals surface area contributed by atoms with Gasteiger partial charge in [0.25, 0.3) is 0 Å². The van der Waals surface area contributed by atoms with Crippen LogP contribution in [0.2, 0.25) is 0 Å². The normalized spacial score (nSPS) is 15.6. The van der Waals surface area contributed by atoms with Gasteiger partial charge in [-0.1, -0.05) is 46.0 Å². The van der Waals surface area contributed by atoms with E-state index in [0.29, 0.717) is 65.2 Å². The molecule has 0 saturated heterocycles. The van der Waals surface area contributed by atoms with Gasteiger partial charge in [-0.2, -0.15) is 0 Å². The number of nitrogens with two attached hydrogens (primary N) is 1. The molecule has 58 heavy (non-hydrogen) atoms. The highest BCUT2D eigenvalue weighted by atomic mass is 35.5. The molecule has 0 saturated carbocycles. The van der Waals surface area contributed by atoms with Crippen molar-refractivity contribution in [3.8, 4) is 23.0 Å². The third-order valence-corrected chi connectivity index (χ3v) is 10.8. The van der Waals surface area contributed by atoms with Crippen molar-refractivity contribution in [2.45, 2.75) is 74.2 Å². The molecule has 3 N–H and O–H groups in total. The van der Waals surface area contributed by atoms with E-state index in [1.54, 1.807) is 32.9 Å². The Bertz CT molecular complexity index is 2490. The zero-order chi connectivity index (χ0) is 40.3. The van der Waals surface area contributed by atoms with Crippen LogP contribution in [0.25, 0.3) is 23.0 Å². The van der Waals surface area contributed by atoms with Crippen LogP contribution in [0.5, 0.6) is 0 Å². The predicted molar refractivity (Wildman–Crippen MR) is 206 cm³/mol. The summed E-state index contributed by atoms with van der Waals surface area (Å²) in [5.74, 6) is -0.602. The number of rotatable bonds is 11. The highest BCUT2D eigenvalue weighted by Gasteiger charge is 2.33. The standard InChI is InChI=1S/C20H22FN5O5S.C15H14FN5O3S.ClH/c1-20(2,3)29-18(27)22-8-9-32-17-15(23-31-25-17)16-24-30-19(28)26(16)14-7-5-11-4-6-12(21)10-13(11)14;16-9-3-1-8-2-4-11(10(8)7-9)21-13(19-23-15(21)22)12-14(20-24-18-12)25-6-5-17;/h4,6,10,14H,5,7-9H2,1-3H3,(H,22,27);1,3,7,11H,2,4-6,17H2;1H/t14-;11-;/m00./s1. The van der Waals surface area contributed by atoms with Crippen LogP contribution in [0, 0.1) is 11.6 Å². The van der Waals surface area contributed by atoms with E-state index >= 15 is 0 Å². The van der Waals surface area contributed by atoms with Crippen molar-refractivity contribution in [2.75, 3.05) is 24.6 Å². The number of nitrogens with zero attached hydrogens (tertiary/aromatic N) is 8. The van der Waals surface area contributed by atoms with E-state index in [1.165, 1.54) is 56.9 Å². The summed E-state index contributed by atoms with van der Waals surface area (Å²) in [6, 6.07) is 8.35. The Labute approximate surface area is 341 Å². The number of aromatic nitrogens is 8. The van der Waals surface area contributed by atoms with Crippen molar-refractivity contribution in [1.29, 1.82) is 0 Å². The van der Waals surface area contributed by atoms with Crippen LogP contribution in [-0.2, 0) is 17.6 Å². The molecule has 2 atom stereocenters. The Kier molecular flexibility index (Phi) is 13.2. The van der Waals surface area contributed by atoms with Gasteiger partial charge in [-0.05, 0) is 114 Å². The fourth-order valence-corrected chi connectivity index (χ4v) is 8.02. The maximum Gasteiger partial charge on any atom is 0.442 e. The lowest BCUT2D eigenvalue weighted by molar-refractivity contribution is 0.0531. The largest absolute Gasteiger partial charge is 0.444 e. The topological polar surface area (TPSA) is 238 Å². The number of alkyl carbamates (subject to hydrolysis) is 1. The van der Waals surface area contributed by atoms with Gasteiger partial charge in [0.15, 0.2) is 21.4 Å². The quantitative estimate of drug-likeness (QED) is 0.126. The highest BCUT2D eigenvalue weighted by Crippen LogP contribution is 2.39. The van der Waals surface area contributed by atoms with E-state index in [1.807, 2.05) is 0 Å². The maximum atomic E-state index is 13.8. The average molecular weight is 863 g/mol. The van der Waals surface area contributed by atoms with E-state index in [4.69, 9.17) is 28.8 Å². The Morgan fingerprint density at radius 1 is 0.810 bits per heavy atom. The van der Waals surface area contributed by atoms with E-state index in [-0.39, 0.29) is 47.4 Å². The lowest BCUT2D eigenvalue weighted by atomic mass is 10.1. The molecule has 2 aliphatic carbocycles. The predicted octanol–water partition coefficient (Wildman–Crippen LogP) is 5.21. The number of carbonyl (C=O) groups is 1. The van der Waals surface area contributed by atoms with Crippen molar-refractivity contribution >= 4 is 42.0 Å². The third-order valence-electron chi connectivity index (χ3n) is 8.91. The fourth-order valence-electron chi connectivity index (χ4n) is 6.61.